The molecule has 0 fully saturated rings. The Labute approximate surface area is 186 Å². The van der Waals surface area contributed by atoms with Crippen molar-refractivity contribution in [1.82, 2.24) is 10.6 Å². The van der Waals surface area contributed by atoms with Gasteiger partial charge in [0.25, 0.3) is 0 Å². The van der Waals surface area contributed by atoms with Crippen molar-refractivity contribution >= 4 is 11.6 Å². The average molecular weight is 421 g/mol. The van der Waals surface area contributed by atoms with E-state index in [4.69, 9.17) is 0 Å². The molecule has 0 aromatic rings. The first-order chi connectivity index (χ1) is 14.3. The summed E-state index contributed by atoms with van der Waals surface area (Å²) < 4.78 is 0. The number of likely N-dealkylation sites (N-methyl/N-ethyl adjacent to an activating group) is 1. The number of allylic oxidation sites excluding steroid dienone is 2. The zero-order valence-electron chi connectivity index (χ0n) is 20.3. The molecule has 0 radical (unpaired) electrons. The van der Waals surface area contributed by atoms with Gasteiger partial charge in [-0.3, -0.25) is 9.59 Å². The van der Waals surface area contributed by atoms with Crippen LogP contribution < -0.4 is 10.6 Å². The summed E-state index contributed by atoms with van der Waals surface area (Å²) in [5.41, 5.74) is -1.03. The van der Waals surface area contributed by atoms with Gasteiger partial charge in [-0.25, -0.2) is 0 Å². The number of ketones is 2. The summed E-state index contributed by atoms with van der Waals surface area (Å²) in [5.74, 6) is 0.371. The van der Waals surface area contributed by atoms with Gasteiger partial charge in [-0.1, -0.05) is 50.7 Å². The Hall–Kier alpha value is -1.26. The van der Waals surface area contributed by atoms with Gasteiger partial charge < -0.3 is 10.6 Å². The number of rotatable bonds is 21. The Morgan fingerprint density at radius 3 is 1.70 bits per heavy atom. The molecule has 0 rings (SSSR count). The summed E-state index contributed by atoms with van der Waals surface area (Å²) in [6.45, 7) is 13.7. The number of carbonyl (C=O) groups is 2. The van der Waals surface area contributed by atoms with E-state index < -0.39 is 11.1 Å². The molecule has 2 N–H and O–H groups in total. The second-order valence-electron chi connectivity index (χ2n) is 9.05. The molecule has 0 heterocycles. The van der Waals surface area contributed by atoms with Gasteiger partial charge in [-0.15, -0.1) is 13.2 Å². The highest BCUT2D eigenvalue weighted by Crippen LogP contribution is 2.20. The molecule has 174 valence electrons. The fourth-order valence-electron chi connectivity index (χ4n) is 3.76. The van der Waals surface area contributed by atoms with Crippen molar-refractivity contribution in [2.45, 2.75) is 115 Å². The Balaban J connectivity index is 4.40. The summed E-state index contributed by atoms with van der Waals surface area (Å²) in [4.78, 5) is 25.1. The van der Waals surface area contributed by atoms with E-state index in [1.807, 2.05) is 33.0 Å². The summed E-state index contributed by atoms with van der Waals surface area (Å²) in [7, 11) is 1.87. The molecule has 4 heteroatoms. The van der Waals surface area contributed by atoms with Crippen molar-refractivity contribution in [2.75, 3.05) is 13.6 Å². The van der Waals surface area contributed by atoms with Gasteiger partial charge in [-0.05, 0) is 66.3 Å². The van der Waals surface area contributed by atoms with Crippen molar-refractivity contribution in [1.29, 1.82) is 0 Å². The molecule has 0 aliphatic heterocycles. The van der Waals surface area contributed by atoms with Crippen molar-refractivity contribution in [2.24, 2.45) is 0 Å². The Kier molecular flexibility index (Phi) is 15.7. The smallest absolute Gasteiger partial charge is 0.153 e. The standard InChI is InChI=1S/C26H48N2O2/c1-7-9-11-13-15-17-20-25(4,23(3)29)28-22-19-24(30)26(5,27-6)21-18-16-14-12-10-8-2/h7-8,27-28H,1-2,9-22H2,3-6H3/t25-,26+/m1/s1. The maximum atomic E-state index is 12.9. The first kappa shape index (κ1) is 28.7. The molecule has 30 heavy (non-hydrogen) atoms. The highest BCUT2D eigenvalue weighted by atomic mass is 16.1. The van der Waals surface area contributed by atoms with E-state index >= 15 is 0 Å². The highest BCUT2D eigenvalue weighted by molar-refractivity contribution is 5.88. The predicted octanol–water partition coefficient (Wildman–Crippen LogP) is 5.91. The molecule has 0 amide bonds. The predicted molar refractivity (Wildman–Crippen MR) is 130 cm³/mol. The Morgan fingerprint density at radius 1 is 0.800 bits per heavy atom. The van der Waals surface area contributed by atoms with Gasteiger partial charge in [0.2, 0.25) is 0 Å². The molecule has 0 aliphatic carbocycles. The molecule has 2 atom stereocenters. The third-order valence-corrected chi connectivity index (χ3v) is 6.48. The van der Waals surface area contributed by atoms with Crippen molar-refractivity contribution in [3.05, 3.63) is 25.3 Å². The summed E-state index contributed by atoms with van der Waals surface area (Å²) in [6.07, 6.45) is 17.2. The lowest BCUT2D eigenvalue weighted by Crippen LogP contribution is -2.51. The number of Topliss-reactive ketones (excluding diaryl/α,β-unsaturated/α-hetero) is 2. The van der Waals surface area contributed by atoms with Gasteiger partial charge in [0.05, 0.1) is 11.1 Å². The maximum Gasteiger partial charge on any atom is 0.153 e. The zero-order valence-corrected chi connectivity index (χ0v) is 20.3. The minimum absolute atomic E-state index is 0.150. The van der Waals surface area contributed by atoms with Crippen LogP contribution in [0.2, 0.25) is 0 Å². The number of nitrogens with one attached hydrogen (secondary N) is 2. The van der Waals surface area contributed by atoms with E-state index in [0.29, 0.717) is 13.0 Å². The third kappa shape index (κ3) is 11.8. The second kappa shape index (κ2) is 16.4. The normalized spacial score (nSPS) is 15.2. The van der Waals surface area contributed by atoms with Gasteiger partial charge in [-0.2, -0.15) is 0 Å². The maximum absolute atomic E-state index is 12.9. The summed E-state index contributed by atoms with van der Waals surface area (Å²) in [6, 6.07) is 0. The summed E-state index contributed by atoms with van der Waals surface area (Å²) in [5, 5.41) is 6.63. The molecule has 0 aromatic heterocycles. The van der Waals surface area contributed by atoms with Crippen molar-refractivity contribution in [3.63, 3.8) is 0 Å². The van der Waals surface area contributed by atoms with Crippen LogP contribution in [0.5, 0.6) is 0 Å². The first-order valence-corrected chi connectivity index (χ1v) is 12.0. The van der Waals surface area contributed by atoms with Crippen LogP contribution in [0.4, 0.5) is 0 Å². The quantitative estimate of drug-likeness (QED) is 0.179. The first-order valence-electron chi connectivity index (χ1n) is 12.0. The van der Waals surface area contributed by atoms with E-state index in [0.717, 1.165) is 51.4 Å². The number of hydrogen-bond donors (Lipinski definition) is 2. The van der Waals surface area contributed by atoms with Crippen LogP contribution >= 0.6 is 0 Å². The highest BCUT2D eigenvalue weighted by Gasteiger charge is 2.32. The average Bonchev–Trinajstić information content (AvgIpc) is 2.72. The molecule has 0 aliphatic rings. The van der Waals surface area contributed by atoms with Crippen LogP contribution in [-0.4, -0.2) is 36.2 Å². The van der Waals surface area contributed by atoms with Crippen LogP contribution in [0.1, 0.15) is 104 Å². The molecule has 0 unspecified atom stereocenters. The number of carbonyl (C=O) groups excluding carboxylic acids is 2. The Bertz CT molecular complexity index is 517. The van der Waals surface area contributed by atoms with Crippen molar-refractivity contribution in [3.8, 4) is 0 Å². The molecule has 0 aromatic carbocycles. The van der Waals surface area contributed by atoms with Gasteiger partial charge in [0.1, 0.15) is 5.78 Å². The SMILES string of the molecule is C=CCCCCCC[C@@](C)(NCCC(=O)[C@](C)(CCCCCCC=C)NC)C(C)=O. The molecular formula is C26H48N2O2. The van der Waals surface area contributed by atoms with Gasteiger partial charge in [0.15, 0.2) is 5.78 Å². The summed E-state index contributed by atoms with van der Waals surface area (Å²) >= 11 is 0. The van der Waals surface area contributed by atoms with E-state index in [1.165, 1.54) is 25.7 Å². The number of unbranched alkanes of at least 4 members (excludes halogenated alkanes) is 8. The second-order valence-corrected chi connectivity index (χ2v) is 9.05. The van der Waals surface area contributed by atoms with E-state index in [-0.39, 0.29) is 11.6 Å². The van der Waals surface area contributed by atoms with Crippen LogP contribution in [0.15, 0.2) is 25.3 Å². The molecular weight excluding hydrogens is 372 g/mol. The van der Waals surface area contributed by atoms with Crippen LogP contribution in [0.3, 0.4) is 0 Å². The van der Waals surface area contributed by atoms with Crippen LogP contribution in [0, 0.1) is 0 Å². The molecule has 0 bridgehead atoms. The fourth-order valence-corrected chi connectivity index (χ4v) is 3.76. The third-order valence-electron chi connectivity index (χ3n) is 6.48. The zero-order chi connectivity index (χ0) is 22.9. The fraction of sp³-hybridized carbons (Fsp3) is 0.769. The molecule has 4 nitrogen and oxygen atoms in total. The minimum atomic E-state index is -0.542. The van der Waals surface area contributed by atoms with E-state index in [9.17, 15) is 9.59 Å². The monoisotopic (exact) mass is 420 g/mol. The lowest BCUT2D eigenvalue weighted by atomic mass is 9.87. The van der Waals surface area contributed by atoms with Crippen molar-refractivity contribution < 1.29 is 9.59 Å². The largest absolute Gasteiger partial charge is 0.308 e. The lowest BCUT2D eigenvalue weighted by Gasteiger charge is -2.31. The van der Waals surface area contributed by atoms with Crippen LogP contribution in [-0.2, 0) is 9.59 Å². The van der Waals surface area contributed by atoms with E-state index in [2.05, 4.69) is 23.8 Å². The topological polar surface area (TPSA) is 58.2 Å². The van der Waals surface area contributed by atoms with Crippen LogP contribution in [0.25, 0.3) is 0 Å². The minimum Gasteiger partial charge on any atom is -0.308 e. The molecule has 0 saturated carbocycles. The molecule has 0 saturated heterocycles. The lowest BCUT2D eigenvalue weighted by molar-refractivity contribution is -0.126. The van der Waals surface area contributed by atoms with Gasteiger partial charge >= 0.3 is 0 Å². The molecule has 0 spiro atoms. The Morgan fingerprint density at radius 2 is 1.27 bits per heavy atom. The van der Waals surface area contributed by atoms with E-state index in [1.54, 1.807) is 6.92 Å². The van der Waals surface area contributed by atoms with Gasteiger partial charge in [0, 0.05) is 13.0 Å². The number of hydrogen-bond acceptors (Lipinski definition) is 4.